The summed E-state index contributed by atoms with van der Waals surface area (Å²) in [5.41, 5.74) is 6.27. The van der Waals surface area contributed by atoms with Crippen molar-refractivity contribution in [3.05, 3.63) is 54.4 Å². The van der Waals surface area contributed by atoms with E-state index in [9.17, 15) is 5.11 Å². The lowest BCUT2D eigenvalue weighted by molar-refractivity contribution is 0.373. The number of nitrogens with zero attached hydrogens (tertiary/aromatic N) is 3. The average Bonchev–Trinajstić information content (AvgIpc) is 3.02. The number of hydrogen-bond donors (Lipinski definition) is 3. The van der Waals surface area contributed by atoms with Crippen LogP contribution >= 0.6 is 0 Å². The average molecular weight is 333 g/mol. The van der Waals surface area contributed by atoms with Crippen LogP contribution in [0.3, 0.4) is 0 Å². The summed E-state index contributed by atoms with van der Waals surface area (Å²) in [4.78, 5) is 11.9. The van der Waals surface area contributed by atoms with E-state index < -0.39 is 0 Å². The fraction of sp³-hybridized carbons (Fsp3) is 0.0556. The number of hydrazone groups is 1. The summed E-state index contributed by atoms with van der Waals surface area (Å²) in [5.74, 6) is 1.06. The van der Waals surface area contributed by atoms with E-state index in [2.05, 4.69) is 25.5 Å². The van der Waals surface area contributed by atoms with Gasteiger partial charge in [-0.1, -0.05) is 18.2 Å². The highest BCUT2D eigenvalue weighted by Crippen LogP contribution is 2.27. The summed E-state index contributed by atoms with van der Waals surface area (Å²) in [6, 6.07) is 13.0. The van der Waals surface area contributed by atoms with Crippen LogP contribution in [0.15, 0.2) is 53.9 Å². The third-order valence-electron chi connectivity index (χ3n) is 3.88. The minimum Gasteiger partial charge on any atom is -0.504 e. The normalized spacial score (nSPS) is 11.4. The molecular weight excluding hydrogens is 318 g/mol. The third kappa shape index (κ3) is 2.72. The van der Waals surface area contributed by atoms with E-state index in [4.69, 9.17) is 4.74 Å². The molecule has 0 bridgehead atoms. The van der Waals surface area contributed by atoms with Crippen molar-refractivity contribution >= 4 is 34.0 Å². The van der Waals surface area contributed by atoms with Gasteiger partial charge >= 0.3 is 0 Å². The van der Waals surface area contributed by atoms with Crippen LogP contribution < -0.4 is 10.2 Å². The number of benzene rings is 2. The number of para-hydroxylation sites is 1. The fourth-order valence-corrected chi connectivity index (χ4v) is 2.68. The lowest BCUT2D eigenvalue weighted by atomic mass is 10.2. The number of fused-ring (bicyclic) bond motifs is 3. The molecule has 7 heteroatoms. The number of ether oxygens (including phenoxy) is 1. The van der Waals surface area contributed by atoms with Crippen LogP contribution in [0.25, 0.3) is 21.9 Å². The molecule has 4 rings (SSSR count). The first-order chi connectivity index (χ1) is 12.3. The topological polar surface area (TPSA) is 95.4 Å². The van der Waals surface area contributed by atoms with Crippen molar-refractivity contribution < 1.29 is 9.84 Å². The Kier molecular flexibility index (Phi) is 3.66. The molecular formula is C18H15N5O2. The maximum Gasteiger partial charge on any atom is 0.174 e. The molecule has 0 aliphatic rings. The quantitative estimate of drug-likeness (QED) is 0.393. The van der Waals surface area contributed by atoms with Gasteiger partial charge in [-0.3, -0.25) is 5.43 Å². The highest BCUT2D eigenvalue weighted by Gasteiger charge is 2.09. The minimum atomic E-state index is 0.0616. The fourth-order valence-electron chi connectivity index (χ4n) is 2.68. The Morgan fingerprint density at radius 1 is 1.20 bits per heavy atom. The van der Waals surface area contributed by atoms with Gasteiger partial charge in [0, 0.05) is 10.9 Å². The van der Waals surface area contributed by atoms with E-state index in [1.54, 1.807) is 24.4 Å². The van der Waals surface area contributed by atoms with Crippen molar-refractivity contribution in [1.29, 1.82) is 0 Å². The van der Waals surface area contributed by atoms with Crippen LogP contribution in [0.4, 0.5) is 5.82 Å². The van der Waals surface area contributed by atoms with Gasteiger partial charge in [0.25, 0.3) is 0 Å². The van der Waals surface area contributed by atoms with Crippen LogP contribution in [0.5, 0.6) is 11.5 Å². The number of rotatable bonds is 4. The molecule has 2 aromatic heterocycles. The van der Waals surface area contributed by atoms with Crippen molar-refractivity contribution in [2.75, 3.05) is 12.5 Å². The predicted molar refractivity (Wildman–Crippen MR) is 97.3 cm³/mol. The molecule has 0 saturated carbocycles. The zero-order valence-electron chi connectivity index (χ0n) is 13.4. The lowest BCUT2D eigenvalue weighted by Crippen LogP contribution is -1.95. The van der Waals surface area contributed by atoms with Gasteiger partial charge in [0.1, 0.15) is 17.4 Å². The number of nitrogens with one attached hydrogen (secondary N) is 2. The highest BCUT2D eigenvalue weighted by atomic mass is 16.5. The minimum absolute atomic E-state index is 0.0616. The van der Waals surface area contributed by atoms with Gasteiger partial charge < -0.3 is 14.8 Å². The molecule has 0 amide bonds. The summed E-state index contributed by atoms with van der Waals surface area (Å²) in [6.07, 6.45) is 3.09. The number of anilines is 1. The largest absolute Gasteiger partial charge is 0.504 e. The summed E-state index contributed by atoms with van der Waals surface area (Å²) in [5, 5.41) is 15.0. The second kappa shape index (κ2) is 6.12. The number of aromatic nitrogens is 3. The molecule has 0 aliphatic heterocycles. The van der Waals surface area contributed by atoms with Crippen molar-refractivity contribution in [3.63, 3.8) is 0 Å². The van der Waals surface area contributed by atoms with Crippen LogP contribution in [0.1, 0.15) is 5.56 Å². The number of hydrogen-bond acceptors (Lipinski definition) is 6. The van der Waals surface area contributed by atoms with Crippen molar-refractivity contribution in [2.45, 2.75) is 0 Å². The molecule has 0 aliphatic carbocycles. The highest BCUT2D eigenvalue weighted by molar-refractivity contribution is 6.07. The molecule has 0 spiro atoms. The Bertz CT molecular complexity index is 1090. The van der Waals surface area contributed by atoms with Gasteiger partial charge in [0.15, 0.2) is 17.3 Å². The predicted octanol–water partition coefficient (Wildman–Crippen LogP) is 3.27. The molecule has 7 nitrogen and oxygen atoms in total. The molecule has 4 aromatic rings. The van der Waals surface area contributed by atoms with Crippen molar-refractivity contribution in [3.8, 4) is 11.5 Å². The summed E-state index contributed by atoms with van der Waals surface area (Å²) >= 11 is 0. The monoisotopic (exact) mass is 333 g/mol. The molecule has 0 atom stereocenters. The standard InChI is InChI=1S/C18H15N5O2/c1-25-15-7-6-11(8-14(15)24)9-21-23-18-17-16(19-10-20-18)12-4-2-3-5-13(12)22-17/h2-10,22,24H,1H3,(H,19,20,23). The van der Waals surface area contributed by atoms with Crippen molar-refractivity contribution in [2.24, 2.45) is 5.10 Å². The molecule has 2 aromatic carbocycles. The Labute approximate surface area is 143 Å². The molecule has 0 fully saturated rings. The molecule has 2 heterocycles. The molecule has 3 N–H and O–H groups in total. The van der Waals surface area contributed by atoms with Crippen LogP contribution in [0.2, 0.25) is 0 Å². The Morgan fingerprint density at radius 3 is 2.92 bits per heavy atom. The van der Waals surface area contributed by atoms with E-state index in [0.717, 1.165) is 27.5 Å². The smallest absolute Gasteiger partial charge is 0.174 e. The van der Waals surface area contributed by atoms with E-state index in [1.807, 2.05) is 24.3 Å². The zero-order chi connectivity index (χ0) is 17.2. The van der Waals surface area contributed by atoms with E-state index >= 15 is 0 Å². The first-order valence-corrected chi connectivity index (χ1v) is 7.64. The second-order valence-electron chi connectivity index (χ2n) is 5.42. The number of phenols is 1. The van der Waals surface area contributed by atoms with Crippen LogP contribution in [-0.2, 0) is 0 Å². The summed E-state index contributed by atoms with van der Waals surface area (Å²) in [6.45, 7) is 0. The number of phenolic OH excluding ortho intramolecular Hbond substituents is 1. The Balaban J connectivity index is 1.63. The van der Waals surface area contributed by atoms with Crippen molar-refractivity contribution in [1.82, 2.24) is 15.0 Å². The van der Waals surface area contributed by atoms with Gasteiger partial charge in [0.2, 0.25) is 0 Å². The molecule has 124 valence electrons. The van der Waals surface area contributed by atoms with Gasteiger partial charge in [-0.2, -0.15) is 5.10 Å². The molecule has 0 saturated heterocycles. The van der Waals surface area contributed by atoms with Crippen LogP contribution in [0, 0.1) is 0 Å². The summed E-state index contributed by atoms with van der Waals surface area (Å²) < 4.78 is 5.02. The Morgan fingerprint density at radius 2 is 2.08 bits per heavy atom. The number of methoxy groups -OCH3 is 1. The number of aromatic hydroxyl groups is 1. The maximum atomic E-state index is 9.80. The lowest BCUT2D eigenvalue weighted by Gasteiger charge is -2.03. The Hall–Kier alpha value is -3.61. The van der Waals surface area contributed by atoms with Crippen LogP contribution in [-0.4, -0.2) is 33.4 Å². The van der Waals surface area contributed by atoms with Gasteiger partial charge in [0.05, 0.1) is 13.3 Å². The SMILES string of the molecule is COc1ccc(C=NNc2ncnc3c2[nH]c2ccccc23)cc1O. The van der Waals surface area contributed by atoms with E-state index in [1.165, 1.54) is 13.4 Å². The van der Waals surface area contributed by atoms with Gasteiger partial charge in [-0.05, 0) is 29.8 Å². The molecule has 0 radical (unpaired) electrons. The first kappa shape index (κ1) is 14.9. The second-order valence-corrected chi connectivity index (χ2v) is 5.42. The van der Waals surface area contributed by atoms with E-state index in [-0.39, 0.29) is 5.75 Å². The van der Waals surface area contributed by atoms with Gasteiger partial charge in [-0.15, -0.1) is 0 Å². The first-order valence-electron chi connectivity index (χ1n) is 7.64. The zero-order valence-corrected chi connectivity index (χ0v) is 13.4. The van der Waals surface area contributed by atoms with Gasteiger partial charge in [-0.25, -0.2) is 9.97 Å². The molecule has 25 heavy (non-hydrogen) atoms. The maximum absolute atomic E-state index is 9.80. The van der Waals surface area contributed by atoms with E-state index in [0.29, 0.717) is 11.6 Å². The third-order valence-corrected chi connectivity index (χ3v) is 3.88. The molecule has 0 unspecified atom stereocenters. The number of aromatic amines is 1. The number of H-pyrrole nitrogens is 1. The summed E-state index contributed by atoms with van der Waals surface area (Å²) in [7, 11) is 1.51.